The van der Waals surface area contributed by atoms with Gasteiger partial charge in [0.15, 0.2) is 0 Å². The average Bonchev–Trinajstić information content (AvgIpc) is 2.78. The van der Waals surface area contributed by atoms with E-state index in [4.69, 9.17) is 0 Å². The van der Waals surface area contributed by atoms with Gasteiger partial charge in [-0.05, 0) is 19.8 Å². The SMILES string of the molecule is COC(=O)CCCCCCCCCCCCCCCCCCCCCCCCCC(C)O. The van der Waals surface area contributed by atoms with Crippen LogP contribution in [0.4, 0.5) is 0 Å². The monoisotopic (exact) mass is 454 g/mol. The quantitative estimate of drug-likeness (QED) is 0.105. The van der Waals surface area contributed by atoms with E-state index in [9.17, 15) is 9.90 Å². The van der Waals surface area contributed by atoms with Crippen molar-refractivity contribution in [1.29, 1.82) is 0 Å². The lowest BCUT2D eigenvalue weighted by Crippen LogP contribution is -1.99. The van der Waals surface area contributed by atoms with Gasteiger partial charge >= 0.3 is 5.97 Å². The van der Waals surface area contributed by atoms with Gasteiger partial charge in [-0.3, -0.25) is 4.79 Å². The van der Waals surface area contributed by atoms with Crippen LogP contribution >= 0.6 is 0 Å². The van der Waals surface area contributed by atoms with Gasteiger partial charge < -0.3 is 9.84 Å². The smallest absolute Gasteiger partial charge is 0.305 e. The highest BCUT2D eigenvalue weighted by molar-refractivity contribution is 5.68. The van der Waals surface area contributed by atoms with Crippen LogP contribution in [-0.2, 0) is 9.53 Å². The Bertz CT molecular complexity index is 367. The number of ether oxygens (including phenoxy) is 1. The Labute approximate surface area is 201 Å². The van der Waals surface area contributed by atoms with Crippen molar-refractivity contribution >= 4 is 5.97 Å². The summed E-state index contributed by atoms with van der Waals surface area (Å²) in [6.07, 6.45) is 32.8. The third-order valence-electron chi connectivity index (χ3n) is 6.73. The molecule has 0 saturated carbocycles. The van der Waals surface area contributed by atoms with E-state index in [-0.39, 0.29) is 12.1 Å². The van der Waals surface area contributed by atoms with E-state index in [1.807, 2.05) is 6.92 Å². The molecule has 0 aromatic carbocycles. The maximum absolute atomic E-state index is 11.0. The number of aliphatic hydroxyl groups is 1. The topological polar surface area (TPSA) is 46.5 Å². The second-order valence-electron chi connectivity index (χ2n) is 10.1. The minimum Gasteiger partial charge on any atom is -0.469 e. The maximum Gasteiger partial charge on any atom is 0.305 e. The van der Waals surface area contributed by atoms with Crippen LogP contribution in [0.15, 0.2) is 0 Å². The number of unbranched alkanes of at least 4 members (excludes halogenated alkanes) is 22. The predicted octanol–water partition coefficient (Wildman–Crippen LogP) is 9.29. The van der Waals surface area contributed by atoms with Crippen LogP contribution in [0.1, 0.15) is 167 Å². The number of aliphatic hydroxyl groups excluding tert-OH is 1. The standard InChI is InChI=1S/C29H58O3/c1-28(30)26-24-22-20-18-16-14-12-10-8-6-4-3-5-7-9-11-13-15-17-19-21-23-25-27-29(31)32-2/h28,30H,3-27H2,1-2H3. The lowest BCUT2D eigenvalue weighted by Gasteiger charge is -2.05. The van der Waals surface area contributed by atoms with Gasteiger partial charge in [-0.1, -0.05) is 141 Å². The highest BCUT2D eigenvalue weighted by atomic mass is 16.5. The molecule has 0 bridgehead atoms. The largest absolute Gasteiger partial charge is 0.469 e. The van der Waals surface area contributed by atoms with Crippen molar-refractivity contribution in [2.24, 2.45) is 0 Å². The summed E-state index contributed by atoms with van der Waals surface area (Å²) in [6, 6.07) is 0. The molecule has 1 unspecified atom stereocenters. The summed E-state index contributed by atoms with van der Waals surface area (Å²) in [5.41, 5.74) is 0. The first-order valence-corrected chi connectivity index (χ1v) is 14.4. The Balaban J connectivity index is 3.03. The average molecular weight is 455 g/mol. The zero-order valence-electron chi connectivity index (χ0n) is 22.0. The molecule has 32 heavy (non-hydrogen) atoms. The summed E-state index contributed by atoms with van der Waals surface area (Å²) in [7, 11) is 1.47. The van der Waals surface area contributed by atoms with Crippen molar-refractivity contribution in [3.63, 3.8) is 0 Å². The predicted molar refractivity (Wildman–Crippen MR) is 139 cm³/mol. The first-order valence-electron chi connectivity index (χ1n) is 14.4. The fourth-order valence-corrected chi connectivity index (χ4v) is 4.52. The van der Waals surface area contributed by atoms with Crippen LogP contribution in [-0.4, -0.2) is 24.3 Å². The summed E-state index contributed by atoms with van der Waals surface area (Å²) in [6.45, 7) is 1.89. The fourth-order valence-electron chi connectivity index (χ4n) is 4.52. The van der Waals surface area contributed by atoms with Gasteiger partial charge in [-0.15, -0.1) is 0 Å². The minimum atomic E-state index is -0.112. The van der Waals surface area contributed by atoms with E-state index in [1.165, 1.54) is 148 Å². The van der Waals surface area contributed by atoms with E-state index in [0.717, 1.165) is 12.8 Å². The molecule has 0 saturated heterocycles. The third-order valence-corrected chi connectivity index (χ3v) is 6.73. The van der Waals surface area contributed by atoms with Crippen LogP contribution in [0.3, 0.4) is 0 Å². The zero-order valence-corrected chi connectivity index (χ0v) is 22.0. The van der Waals surface area contributed by atoms with Gasteiger partial charge in [0.1, 0.15) is 0 Å². The molecule has 1 N–H and O–H groups in total. The minimum absolute atomic E-state index is 0.0663. The normalized spacial score (nSPS) is 12.2. The summed E-state index contributed by atoms with van der Waals surface area (Å²) < 4.78 is 4.66. The van der Waals surface area contributed by atoms with E-state index in [2.05, 4.69) is 4.74 Å². The van der Waals surface area contributed by atoms with Crippen LogP contribution < -0.4 is 0 Å². The second-order valence-corrected chi connectivity index (χ2v) is 10.1. The van der Waals surface area contributed by atoms with Crippen LogP contribution in [0, 0.1) is 0 Å². The molecule has 0 aliphatic heterocycles. The Morgan fingerprint density at radius 3 is 1.03 bits per heavy atom. The lowest BCUT2D eigenvalue weighted by molar-refractivity contribution is -0.140. The van der Waals surface area contributed by atoms with Gasteiger partial charge in [0, 0.05) is 6.42 Å². The number of hydrogen-bond acceptors (Lipinski definition) is 3. The summed E-state index contributed by atoms with van der Waals surface area (Å²) in [5.74, 6) is -0.0663. The Morgan fingerprint density at radius 1 is 0.531 bits per heavy atom. The molecule has 0 spiro atoms. The summed E-state index contributed by atoms with van der Waals surface area (Å²) in [5, 5.41) is 9.24. The second kappa shape index (κ2) is 26.7. The van der Waals surface area contributed by atoms with E-state index < -0.39 is 0 Å². The summed E-state index contributed by atoms with van der Waals surface area (Å²) in [4.78, 5) is 11.0. The Hall–Kier alpha value is -0.570. The zero-order chi connectivity index (χ0) is 23.5. The van der Waals surface area contributed by atoms with Crippen molar-refractivity contribution in [3.8, 4) is 0 Å². The van der Waals surface area contributed by atoms with Crippen molar-refractivity contribution in [3.05, 3.63) is 0 Å². The van der Waals surface area contributed by atoms with E-state index in [1.54, 1.807) is 0 Å². The fraction of sp³-hybridized carbons (Fsp3) is 0.966. The molecule has 0 aliphatic carbocycles. The molecule has 0 rings (SSSR count). The van der Waals surface area contributed by atoms with Crippen molar-refractivity contribution in [1.82, 2.24) is 0 Å². The molecule has 0 radical (unpaired) electrons. The van der Waals surface area contributed by atoms with Gasteiger partial charge in [-0.2, -0.15) is 0 Å². The molecule has 0 aromatic heterocycles. The molecule has 1 atom stereocenters. The molecule has 0 aliphatic rings. The number of hydrogen-bond donors (Lipinski definition) is 1. The van der Waals surface area contributed by atoms with Crippen LogP contribution in [0.2, 0.25) is 0 Å². The van der Waals surface area contributed by atoms with Crippen LogP contribution in [0.5, 0.6) is 0 Å². The summed E-state index contributed by atoms with van der Waals surface area (Å²) >= 11 is 0. The molecule has 0 heterocycles. The molecule has 0 amide bonds. The molecule has 0 fully saturated rings. The molecule has 192 valence electrons. The van der Waals surface area contributed by atoms with Crippen molar-refractivity contribution < 1.29 is 14.6 Å². The first kappa shape index (κ1) is 31.4. The molecule has 3 nitrogen and oxygen atoms in total. The molecule has 3 heteroatoms. The Kier molecular flexibility index (Phi) is 26.2. The third kappa shape index (κ3) is 27.5. The number of esters is 1. The Morgan fingerprint density at radius 2 is 0.781 bits per heavy atom. The maximum atomic E-state index is 11.0. The van der Waals surface area contributed by atoms with E-state index in [0.29, 0.717) is 6.42 Å². The van der Waals surface area contributed by atoms with Crippen LogP contribution in [0.25, 0.3) is 0 Å². The van der Waals surface area contributed by atoms with Crippen molar-refractivity contribution in [2.75, 3.05) is 7.11 Å². The number of rotatable bonds is 26. The molecular weight excluding hydrogens is 396 g/mol. The highest BCUT2D eigenvalue weighted by Crippen LogP contribution is 2.16. The van der Waals surface area contributed by atoms with Crippen molar-refractivity contribution in [2.45, 2.75) is 174 Å². The number of carbonyl (C=O) groups is 1. The van der Waals surface area contributed by atoms with Gasteiger partial charge in [0.05, 0.1) is 13.2 Å². The lowest BCUT2D eigenvalue weighted by atomic mass is 10.0. The first-order chi connectivity index (χ1) is 15.7. The highest BCUT2D eigenvalue weighted by Gasteiger charge is 1.99. The number of methoxy groups -OCH3 is 1. The molecule has 0 aromatic rings. The van der Waals surface area contributed by atoms with E-state index >= 15 is 0 Å². The number of carbonyl (C=O) groups excluding carboxylic acids is 1. The van der Waals surface area contributed by atoms with Gasteiger partial charge in [0.2, 0.25) is 0 Å². The van der Waals surface area contributed by atoms with Gasteiger partial charge in [0.25, 0.3) is 0 Å². The van der Waals surface area contributed by atoms with Gasteiger partial charge in [-0.25, -0.2) is 0 Å². The molecular formula is C29H58O3.